The summed E-state index contributed by atoms with van der Waals surface area (Å²) in [5.74, 6) is 0.906. The Morgan fingerprint density at radius 3 is 3.08 bits per heavy atom. The monoisotopic (exact) mass is 181 g/mol. The predicted octanol–water partition coefficient (Wildman–Crippen LogP) is 0.635. The van der Waals surface area contributed by atoms with Crippen molar-refractivity contribution in [2.24, 2.45) is 7.05 Å². The Labute approximate surface area is 77.9 Å². The molecule has 2 rings (SSSR count). The van der Waals surface area contributed by atoms with E-state index in [-0.39, 0.29) is 0 Å². The predicted molar refractivity (Wildman–Crippen MR) is 49.9 cm³/mol. The molecule has 1 aromatic heterocycles. The van der Waals surface area contributed by atoms with E-state index >= 15 is 0 Å². The molecule has 0 spiro atoms. The van der Waals surface area contributed by atoms with Crippen molar-refractivity contribution in [3.8, 4) is 5.88 Å². The minimum Gasteiger partial charge on any atom is -0.481 e. The third-order valence-corrected chi connectivity index (χ3v) is 2.55. The number of hydrogen-bond donors (Lipinski definition) is 1. The molecule has 1 aliphatic rings. The first-order valence-corrected chi connectivity index (χ1v) is 4.57. The van der Waals surface area contributed by atoms with Gasteiger partial charge in [0.05, 0.1) is 12.8 Å². The Kier molecular flexibility index (Phi) is 2.00. The topological polar surface area (TPSA) is 39.1 Å². The highest BCUT2D eigenvalue weighted by molar-refractivity contribution is 5.35. The second kappa shape index (κ2) is 3.03. The third kappa shape index (κ3) is 1.21. The number of aryl methyl sites for hydroxylation is 1. The molecule has 4 heteroatoms. The van der Waals surface area contributed by atoms with Gasteiger partial charge in [-0.15, -0.1) is 0 Å². The molecule has 4 nitrogen and oxygen atoms in total. The number of fused-ring (bicyclic) bond motifs is 1. The lowest BCUT2D eigenvalue weighted by Crippen LogP contribution is -2.27. The summed E-state index contributed by atoms with van der Waals surface area (Å²) in [5, 5.41) is 7.80. The van der Waals surface area contributed by atoms with Crippen molar-refractivity contribution < 1.29 is 4.74 Å². The van der Waals surface area contributed by atoms with E-state index in [9.17, 15) is 0 Å². The molecule has 0 saturated carbocycles. The molecule has 0 amide bonds. The number of rotatable bonds is 1. The van der Waals surface area contributed by atoms with Crippen LogP contribution in [-0.2, 0) is 13.5 Å². The minimum atomic E-state index is 0.346. The Bertz CT molecular complexity index is 319. The highest BCUT2D eigenvalue weighted by atomic mass is 16.5. The maximum absolute atomic E-state index is 5.30. The number of ether oxygens (including phenoxy) is 1. The summed E-state index contributed by atoms with van der Waals surface area (Å²) in [6, 6.07) is 0.346. The molecule has 0 aromatic carbocycles. The molecule has 0 fully saturated rings. The van der Waals surface area contributed by atoms with Gasteiger partial charge in [0.2, 0.25) is 5.88 Å². The lowest BCUT2D eigenvalue weighted by Gasteiger charge is -2.18. The van der Waals surface area contributed by atoms with E-state index in [1.807, 2.05) is 11.7 Å². The first kappa shape index (κ1) is 8.56. The van der Waals surface area contributed by atoms with Crippen LogP contribution in [0.4, 0.5) is 0 Å². The van der Waals surface area contributed by atoms with Crippen molar-refractivity contribution in [2.75, 3.05) is 13.7 Å². The van der Waals surface area contributed by atoms with Crippen molar-refractivity contribution in [3.05, 3.63) is 11.3 Å². The summed E-state index contributed by atoms with van der Waals surface area (Å²) >= 11 is 0. The van der Waals surface area contributed by atoms with Crippen LogP contribution in [0.3, 0.4) is 0 Å². The quantitative estimate of drug-likeness (QED) is 0.691. The highest BCUT2D eigenvalue weighted by Crippen LogP contribution is 2.28. The second-order valence-electron chi connectivity index (χ2n) is 3.42. The fourth-order valence-electron chi connectivity index (χ4n) is 1.92. The summed E-state index contributed by atoms with van der Waals surface area (Å²) < 4.78 is 7.12. The summed E-state index contributed by atoms with van der Waals surface area (Å²) in [5.41, 5.74) is 2.39. The van der Waals surface area contributed by atoms with E-state index in [0.29, 0.717) is 6.04 Å². The van der Waals surface area contributed by atoms with E-state index in [2.05, 4.69) is 17.3 Å². The van der Waals surface area contributed by atoms with E-state index in [1.165, 1.54) is 5.56 Å². The van der Waals surface area contributed by atoms with Crippen LogP contribution in [0.25, 0.3) is 0 Å². The van der Waals surface area contributed by atoms with Crippen molar-refractivity contribution >= 4 is 0 Å². The van der Waals surface area contributed by atoms with Crippen LogP contribution in [0.1, 0.15) is 24.2 Å². The van der Waals surface area contributed by atoms with Gasteiger partial charge in [0, 0.05) is 25.2 Å². The first-order chi connectivity index (χ1) is 6.24. The molecule has 0 bridgehead atoms. The summed E-state index contributed by atoms with van der Waals surface area (Å²) in [6.07, 6.45) is 1.01. The number of nitrogens with one attached hydrogen (secondary N) is 1. The third-order valence-electron chi connectivity index (χ3n) is 2.55. The van der Waals surface area contributed by atoms with Gasteiger partial charge >= 0.3 is 0 Å². The lowest BCUT2D eigenvalue weighted by molar-refractivity contribution is 0.369. The molecule has 0 radical (unpaired) electrons. The smallest absolute Gasteiger partial charge is 0.214 e. The van der Waals surface area contributed by atoms with Crippen molar-refractivity contribution in [2.45, 2.75) is 19.4 Å². The van der Waals surface area contributed by atoms with Crippen molar-refractivity contribution in [3.63, 3.8) is 0 Å². The van der Waals surface area contributed by atoms with Crippen LogP contribution in [0.2, 0.25) is 0 Å². The molecule has 0 aliphatic carbocycles. The fraction of sp³-hybridized carbons (Fsp3) is 0.667. The maximum Gasteiger partial charge on any atom is 0.214 e. The molecule has 2 heterocycles. The fourth-order valence-corrected chi connectivity index (χ4v) is 1.92. The zero-order valence-corrected chi connectivity index (χ0v) is 8.29. The van der Waals surface area contributed by atoms with Gasteiger partial charge in [0.25, 0.3) is 0 Å². The maximum atomic E-state index is 5.30. The largest absolute Gasteiger partial charge is 0.481 e. The van der Waals surface area contributed by atoms with E-state index in [4.69, 9.17) is 4.74 Å². The molecule has 72 valence electrons. The molecular formula is C9H15N3O. The van der Waals surface area contributed by atoms with Crippen LogP contribution >= 0.6 is 0 Å². The normalized spacial score (nSPS) is 21.3. The molecule has 1 N–H and O–H groups in total. The molecule has 1 atom stereocenters. The number of hydrogen-bond acceptors (Lipinski definition) is 3. The van der Waals surface area contributed by atoms with Gasteiger partial charge in [-0.2, -0.15) is 5.10 Å². The van der Waals surface area contributed by atoms with Crippen LogP contribution in [0.5, 0.6) is 5.88 Å². The number of methoxy groups -OCH3 is 1. The van der Waals surface area contributed by atoms with Crippen molar-refractivity contribution in [1.29, 1.82) is 0 Å². The minimum absolute atomic E-state index is 0.346. The zero-order chi connectivity index (χ0) is 9.42. The molecule has 1 aliphatic heterocycles. The first-order valence-electron chi connectivity index (χ1n) is 4.57. The standard InChI is InChI=1S/C9H15N3O/c1-6-8-7(4-5-10-6)9(13-3)12(2)11-8/h6,10H,4-5H2,1-3H3. The molecule has 13 heavy (non-hydrogen) atoms. The number of nitrogens with zero attached hydrogens (tertiary/aromatic N) is 2. The van der Waals surface area contributed by atoms with Crippen LogP contribution in [-0.4, -0.2) is 23.4 Å². The summed E-state index contributed by atoms with van der Waals surface area (Å²) in [4.78, 5) is 0. The van der Waals surface area contributed by atoms with Crippen molar-refractivity contribution in [1.82, 2.24) is 15.1 Å². The van der Waals surface area contributed by atoms with Crippen LogP contribution in [0, 0.1) is 0 Å². The van der Waals surface area contributed by atoms with Gasteiger partial charge in [0.1, 0.15) is 0 Å². The van der Waals surface area contributed by atoms with Gasteiger partial charge in [-0.3, -0.25) is 0 Å². The average Bonchev–Trinajstić information content (AvgIpc) is 2.43. The Balaban J connectivity index is 2.50. The van der Waals surface area contributed by atoms with Gasteiger partial charge in [0.15, 0.2) is 0 Å². The van der Waals surface area contributed by atoms with Crippen LogP contribution in [0.15, 0.2) is 0 Å². The van der Waals surface area contributed by atoms with Gasteiger partial charge in [-0.25, -0.2) is 4.68 Å². The summed E-state index contributed by atoms with van der Waals surface area (Å²) in [7, 11) is 3.62. The lowest BCUT2D eigenvalue weighted by atomic mass is 10.0. The van der Waals surface area contributed by atoms with E-state index in [0.717, 1.165) is 24.5 Å². The molecule has 1 unspecified atom stereocenters. The highest BCUT2D eigenvalue weighted by Gasteiger charge is 2.24. The zero-order valence-electron chi connectivity index (χ0n) is 8.29. The Morgan fingerprint density at radius 2 is 2.38 bits per heavy atom. The summed E-state index contributed by atoms with van der Waals surface area (Å²) in [6.45, 7) is 3.14. The molecular weight excluding hydrogens is 166 g/mol. The van der Waals surface area contributed by atoms with Gasteiger partial charge in [-0.1, -0.05) is 0 Å². The van der Waals surface area contributed by atoms with E-state index in [1.54, 1.807) is 7.11 Å². The second-order valence-corrected chi connectivity index (χ2v) is 3.42. The van der Waals surface area contributed by atoms with Gasteiger partial charge < -0.3 is 10.1 Å². The Morgan fingerprint density at radius 1 is 1.62 bits per heavy atom. The van der Waals surface area contributed by atoms with Gasteiger partial charge in [-0.05, 0) is 13.3 Å². The van der Waals surface area contributed by atoms with E-state index < -0.39 is 0 Å². The SMILES string of the molecule is COc1c2c(nn1C)C(C)NCC2. The average molecular weight is 181 g/mol. The molecule has 0 saturated heterocycles. The Hall–Kier alpha value is -1.03. The molecule has 1 aromatic rings. The number of aromatic nitrogens is 2. The van der Waals surface area contributed by atoms with Crippen LogP contribution < -0.4 is 10.1 Å².